The van der Waals surface area contributed by atoms with Crippen molar-refractivity contribution in [2.75, 3.05) is 39.4 Å². The molecule has 2 heterocycles. The topological polar surface area (TPSA) is 32.8 Å². The Bertz CT molecular complexity index is 708. The second kappa shape index (κ2) is 8.73. The first-order chi connectivity index (χ1) is 12.0. The zero-order valence-corrected chi connectivity index (χ0v) is 16.8. The molecule has 1 amide bonds. The second-order valence-electron chi connectivity index (χ2n) is 5.81. The fourth-order valence-corrected chi connectivity index (χ4v) is 4.43. The number of benzene rings is 1. The lowest BCUT2D eigenvalue weighted by molar-refractivity contribution is -0.122. The van der Waals surface area contributed by atoms with Gasteiger partial charge >= 0.3 is 0 Å². The van der Waals surface area contributed by atoms with E-state index in [9.17, 15) is 9.18 Å². The van der Waals surface area contributed by atoms with Gasteiger partial charge in [0.2, 0.25) is 0 Å². The van der Waals surface area contributed by atoms with Crippen molar-refractivity contribution in [3.05, 3.63) is 39.0 Å². The van der Waals surface area contributed by atoms with E-state index >= 15 is 0 Å². The van der Waals surface area contributed by atoms with Crippen molar-refractivity contribution in [3.63, 3.8) is 0 Å². The Morgan fingerprint density at radius 1 is 1.32 bits per heavy atom. The smallest absolute Gasteiger partial charge is 0.266 e. The summed E-state index contributed by atoms with van der Waals surface area (Å²) < 4.78 is 19.6. The molecule has 0 bridgehead atoms. The number of hydrogen-bond donors (Lipinski definition) is 0. The SMILES string of the molecule is O=C1C(=Cc2ccc(F)c(Br)c2)SC(=S)N1CCCN1CCOCC1. The van der Waals surface area contributed by atoms with Crippen LogP contribution < -0.4 is 0 Å². The molecule has 0 saturated carbocycles. The molecule has 2 aliphatic rings. The third-order valence-corrected chi connectivity index (χ3v) is 6.06. The van der Waals surface area contributed by atoms with Crippen LogP contribution in [-0.4, -0.2) is 59.4 Å². The quantitative estimate of drug-likeness (QED) is 0.512. The minimum Gasteiger partial charge on any atom is -0.379 e. The van der Waals surface area contributed by atoms with E-state index in [1.54, 1.807) is 23.1 Å². The summed E-state index contributed by atoms with van der Waals surface area (Å²) in [5, 5.41) is 0. The van der Waals surface area contributed by atoms with Crippen molar-refractivity contribution >= 4 is 56.2 Å². The Labute approximate surface area is 164 Å². The maximum atomic E-state index is 13.3. The Kier molecular flexibility index (Phi) is 6.62. The van der Waals surface area contributed by atoms with E-state index in [4.69, 9.17) is 17.0 Å². The first kappa shape index (κ1) is 19.0. The summed E-state index contributed by atoms with van der Waals surface area (Å²) in [5.41, 5.74) is 0.766. The van der Waals surface area contributed by atoms with Crippen LogP contribution in [0.5, 0.6) is 0 Å². The molecule has 0 aromatic heterocycles. The number of hydrogen-bond acceptors (Lipinski definition) is 5. The van der Waals surface area contributed by atoms with Crippen LogP contribution in [-0.2, 0) is 9.53 Å². The summed E-state index contributed by atoms with van der Waals surface area (Å²) in [4.78, 5) is 17.2. The van der Waals surface area contributed by atoms with Gasteiger partial charge in [-0.3, -0.25) is 14.6 Å². The molecule has 2 aliphatic heterocycles. The highest BCUT2D eigenvalue weighted by Crippen LogP contribution is 2.33. The van der Waals surface area contributed by atoms with E-state index in [1.165, 1.54) is 17.8 Å². The molecule has 2 fully saturated rings. The summed E-state index contributed by atoms with van der Waals surface area (Å²) >= 11 is 9.81. The van der Waals surface area contributed by atoms with E-state index < -0.39 is 0 Å². The van der Waals surface area contributed by atoms with E-state index in [1.807, 2.05) is 0 Å². The number of amides is 1. The van der Waals surface area contributed by atoms with Gasteiger partial charge in [-0.05, 0) is 46.1 Å². The lowest BCUT2D eigenvalue weighted by Gasteiger charge is -2.27. The first-order valence-corrected chi connectivity index (χ1v) is 10.1. The van der Waals surface area contributed by atoms with Gasteiger partial charge in [0.25, 0.3) is 5.91 Å². The van der Waals surface area contributed by atoms with Crippen molar-refractivity contribution in [2.45, 2.75) is 6.42 Å². The number of morpholine rings is 1. The average Bonchev–Trinajstić information content (AvgIpc) is 2.86. The molecular formula is C17H18BrFN2O2S2. The molecule has 3 rings (SSSR count). The Hall–Kier alpha value is -0.800. The molecular weight excluding hydrogens is 427 g/mol. The first-order valence-electron chi connectivity index (χ1n) is 8.05. The van der Waals surface area contributed by atoms with Gasteiger partial charge in [0, 0.05) is 26.2 Å². The van der Waals surface area contributed by atoms with Gasteiger partial charge in [0.1, 0.15) is 10.1 Å². The predicted octanol–water partition coefficient (Wildman–Crippen LogP) is 3.51. The van der Waals surface area contributed by atoms with Crippen LogP contribution in [0.15, 0.2) is 27.6 Å². The molecule has 1 aromatic rings. The van der Waals surface area contributed by atoms with E-state index in [0.717, 1.165) is 44.8 Å². The Morgan fingerprint density at radius 2 is 2.08 bits per heavy atom. The third kappa shape index (κ3) is 4.89. The number of carbonyl (C=O) groups excluding carboxylic acids is 1. The van der Waals surface area contributed by atoms with Crippen molar-refractivity contribution in [1.82, 2.24) is 9.80 Å². The standard InChI is InChI=1S/C17H18BrFN2O2S2/c18-13-10-12(2-3-14(13)19)11-15-16(22)21(17(24)25-15)5-1-4-20-6-8-23-9-7-20/h2-3,10-11H,1,4-9H2. The molecule has 0 unspecified atom stereocenters. The van der Waals surface area contributed by atoms with Crippen molar-refractivity contribution in [1.29, 1.82) is 0 Å². The molecule has 0 radical (unpaired) electrons. The Morgan fingerprint density at radius 3 is 2.80 bits per heavy atom. The molecule has 4 nitrogen and oxygen atoms in total. The van der Waals surface area contributed by atoms with Gasteiger partial charge < -0.3 is 4.74 Å². The highest BCUT2D eigenvalue weighted by atomic mass is 79.9. The van der Waals surface area contributed by atoms with Crippen LogP contribution >= 0.6 is 39.9 Å². The highest BCUT2D eigenvalue weighted by Gasteiger charge is 2.31. The van der Waals surface area contributed by atoms with Crippen LogP contribution in [0.25, 0.3) is 6.08 Å². The number of nitrogens with zero attached hydrogens (tertiary/aromatic N) is 2. The zero-order valence-electron chi connectivity index (χ0n) is 13.5. The molecule has 25 heavy (non-hydrogen) atoms. The van der Waals surface area contributed by atoms with Gasteiger partial charge in [-0.2, -0.15) is 0 Å². The fraction of sp³-hybridized carbons (Fsp3) is 0.412. The molecule has 1 aromatic carbocycles. The zero-order chi connectivity index (χ0) is 17.8. The summed E-state index contributed by atoms with van der Waals surface area (Å²) in [7, 11) is 0. The number of rotatable bonds is 5. The normalized spacial score (nSPS) is 20.7. The average molecular weight is 445 g/mol. The number of thiocarbonyl (C=S) groups is 1. The molecule has 0 aliphatic carbocycles. The maximum absolute atomic E-state index is 13.3. The lowest BCUT2D eigenvalue weighted by atomic mass is 10.2. The van der Waals surface area contributed by atoms with Crippen molar-refractivity contribution in [2.24, 2.45) is 0 Å². The van der Waals surface area contributed by atoms with Crippen LogP contribution in [0.4, 0.5) is 4.39 Å². The second-order valence-corrected chi connectivity index (χ2v) is 8.34. The lowest BCUT2D eigenvalue weighted by Crippen LogP contribution is -2.38. The summed E-state index contributed by atoms with van der Waals surface area (Å²) in [6.45, 7) is 4.99. The largest absolute Gasteiger partial charge is 0.379 e. The summed E-state index contributed by atoms with van der Waals surface area (Å²) in [6, 6.07) is 4.67. The Balaban J connectivity index is 1.59. The number of halogens is 2. The van der Waals surface area contributed by atoms with Crippen LogP contribution in [0.3, 0.4) is 0 Å². The molecule has 134 valence electrons. The van der Waals surface area contributed by atoms with Gasteiger partial charge in [-0.1, -0.05) is 30.0 Å². The third-order valence-electron chi connectivity index (χ3n) is 4.07. The molecule has 0 N–H and O–H groups in total. The summed E-state index contributed by atoms with van der Waals surface area (Å²) in [6.07, 6.45) is 2.63. The fourth-order valence-electron chi connectivity index (χ4n) is 2.72. The van der Waals surface area contributed by atoms with Crippen molar-refractivity contribution in [3.8, 4) is 0 Å². The van der Waals surface area contributed by atoms with Gasteiger partial charge in [-0.25, -0.2) is 4.39 Å². The molecule has 2 saturated heterocycles. The number of carbonyl (C=O) groups is 1. The molecule has 0 atom stereocenters. The summed E-state index contributed by atoms with van der Waals surface area (Å²) in [5.74, 6) is -0.398. The maximum Gasteiger partial charge on any atom is 0.266 e. The van der Waals surface area contributed by atoms with Crippen molar-refractivity contribution < 1.29 is 13.9 Å². The van der Waals surface area contributed by atoms with Crippen LogP contribution in [0.1, 0.15) is 12.0 Å². The van der Waals surface area contributed by atoms with Gasteiger partial charge in [0.05, 0.1) is 22.6 Å². The minimum atomic E-state index is -0.326. The van der Waals surface area contributed by atoms with Crippen LogP contribution in [0, 0.1) is 5.82 Å². The highest BCUT2D eigenvalue weighted by molar-refractivity contribution is 9.10. The van der Waals surface area contributed by atoms with Gasteiger partial charge in [-0.15, -0.1) is 0 Å². The monoisotopic (exact) mass is 444 g/mol. The number of thioether (sulfide) groups is 1. The predicted molar refractivity (Wildman–Crippen MR) is 106 cm³/mol. The number of ether oxygens (including phenoxy) is 1. The van der Waals surface area contributed by atoms with E-state index in [2.05, 4.69) is 20.8 Å². The van der Waals surface area contributed by atoms with Gasteiger partial charge in [0.15, 0.2) is 0 Å². The molecule has 8 heteroatoms. The van der Waals surface area contributed by atoms with Crippen LogP contribution in [0.2, 0.25) is 0 Å². The minimum absolute atomic E-state index is 0.0718. The van der Waals surface area contributed by atoms with E-state index in [-0.39, 0.29) is 11.7 Å². The molecule has 0 spiro atoms. The van der Waals surface area contributed by atoms with E-state index in [0.29, 0.717) is 20.2 Å².